The number of amides is 1. The van der Waals surface area contributed by atoms with E-state index in [1.807, 2.05) is 26.8 Å². The highest BCUT2D eigenvalue weighted by Crippen LogP contribution is 2.14. The number of nitrogens with one attached hydrogen (secondary N) is 1. The summed E-state index contributed by atoms with van der Waals surface area (Å²) in [5.41, 5.74) is 0.171. The maximum Gasteiger partial charge on any atom is 0.410 e. The Labute approximate surface area is 125 Å². The van der Waals surface area contributed by atoms with Gasteiger partial charge in [0.2, 0.25) is 0 Å². The largest absolute Gasteiger partial charge is 0.444 e. The molecule has 2 rings (SSSR count). The topological polar surface area (TPSA) is 41.6 Å². The third-order valence-electron chi connectivity index (χ3n) is 3.33. The first-order chi connectivity index (χ1) is 9.85. The second kappa shape index (κ2) is 6.43. The van der Waals surface area contributed by atoms with E-state index in [-0.39, 0.29) is 18.0 Å². The molecule has 1 saturated heterocycles. The van der Waals surface area contributed by atoms with Crippen LogP contribution in [0.1, 0.15) is 26.3 Å². The van der Waals surface area contributed by atoms with Gasteiger partial charge in [0.25, 0.3) is 0 Å². The van der Waals surface area contributed by atoms with Gasteiger partial charge < -0.3 is 15.0 Å². The second-order valence-corrected chi connectivity index (χ2v) is 6.37. The molecule has 1 N–H and O–H groups in total. The molecule has 4 nitrogen and oxygen atoms in total. The summed E-state index contributed by atoms with van der Waals surface area (Å²) in [5, 5.41) is 3.33. The van der Waals surface area contributed by atoms with Crippen molar-refractivity contribution in [3.8, 4) is 0 Å². The number of carbonyl (C=O) groups excluding carboxylic acids is 1. The molecule has 1 amide bonds. The van der Waals surface area contributed by atoms with Crippen LogP contribution in [0.15, 0.2) is 24.3 Å². The Kier molecular flexibility index (Phi) is 4.83. The average Bonchev–Trinajstić information content (AvgIpc) is 2.40. The fourth-order valence-corrected chi connectivity index (χ4v) is 2.38. The molecule has 0 aromatic heterocycles. The molecule has 116 valence electrons. The lowest BCUT2D eigenvalue weighted by Crippen LogP contribution is -2.54. The third-order valence-corrected chi connectivity index (χ3v) is 3.33. The van der Waals surface area contributed by atoms with E-state index in [2.05, 4.69) is 5.32 Å². The lowest BCUT2D eigenvalue weighted by Gasteiger charge is -2.35. The minimum Gasteiger partial charge on any atom is -0.444 e. The summed E-state index contributed by atoms with van der Waals surface area (Å²) in [5.74, 6) is -0.200. The van der Waals surface area contributed by atoms with Crippen molar-refractivity contribution in [2.24, 2.45) is 0 Å². The second-order valence-electron chi connectivity index (χ2n) is 6.37. The Morgan fingerprint density at radius 1 is 1.43 bits per heavy atom. The van der Waals surface area contributed by atoms with Gasteiger partial charge in [-0.25, -0.2) is 9.18 Å². The van der Waals surface area contributed by atoms with Gasteiger partial charge in [0.15, 0.2) is 0 Å². The number of ether oxygens (including phenoxy) is 1. The number of benzene rings is 1. The molecule has 5 heteroatoms. The van der Waals surface area contributed by atoms with Crippen LogP contribution in [0.25, 0.3) is 0 Å². The molecule has 1 fully saturated rings. The fourth-order valence-electron chi connectivity index (χ4n) is 2.38. The quantitative estimate of drug-likeness (QED) is 0.911. The van der Waals surface area contributed by atoms with Crippen LogP contribution in [-0.4, -0.2) is 42.3 Å². The van der Waals surface area contributed by atoms with Crippen molar-refractivity contribution in [2.75, 3.05) is 19.6 Å². The Balaban J connectivity index is 1.95. The summed E-state index contributed by atoms with van der Waals surface area (Å²) in [6.45, 7) is 7.39. The highest BCUT2D eigenvalue weighted by molar-refractivity contribution is 5.68. The molecule has 1 unspecified atom stereocenters. The molecule has 0 spiro atoms. The zero-order valence-electron chi connectivity index (χ0n) is 12.9. The van der Waals surface area contributed by atoms with E-state index in [9.17, 15) is 9.18 Å². The number of piperazine rings is 1. The van der Waals surface area contributed by atoms with Crippen LogP contribution in [0.3, 0.4) is 0 Å². The van der Waals surface area contributed by atoms with Crippen molar-refractivity contribution in [1.82, 2.24) is 10.2 Å². The van der Waals surface area contributed by atoms with Crippen LogP contribution >= 0.6 is 0 Å². The van der Waals surface area contributed by atoms with Gasteiger partial charge in [0.1, 0.15) is 11.4 Å². The van der Waals surface area contributed by atoms with Gasteiger partial charge in [0.05, 0.1) is 0 Å². The normalized spacial score (nSPS) is 19.4. The summed E-state index contributed by atoms with van der Waals surface area (Å²) in [4.78, 5) is 13.8. The summed E-state index contributed by atoms with van der Waals surface area (Å²) in [6, 6.07) is 6.79. The van der Waals surface area contributed by atoms with E-state index in [1.54, 1.807) is 17.0 Å². The Hall–Kier alpha value is -1.62. The highest BCUT2D eigenvalue weighted by Gasteiger charge is 2.27. The van der Waals surface area contributed by atoms with Crippen molar-refractivity contribution < 1.29 is 13.9 Å². The van der Waals surface area contributed by atoms with Crippen LogP contribution in [0.5, 0.6) is 0 Å². The fraction of sp³-hybridized carbons (Fsp3) is 0.562. The van der Waals surface area contributed by atoms with Crippen LogP contribution in [0.2, 0.25) is 0 Å². The Morgan fingerprint density at radius 2 is 2.14 bits per heavy atom. The molecule has 21 heavy (non-hydrogen) atoms. The summed E-state index contributed by atoms with van der Waals surface area (Å²) >= 11 is 0. The van der Waals surface area contributed by atoms with Crippen molar-refractivity contribution in [3.63, 3.8) is 0 Å². The van der Waals surface area contributed by atoms with Gasteiger partial charge in [-0.15, -0.1) is 0 Å². The lowest BCUT2D eigenvalue weighted by atomic mass is 10.0. The first kappa shape index (κ1) is 15.8. The monoisotopic (exact) mass is 294 g/mol. The van der Waals surface area contributed by atoms with Crippen LogP contribution in [0, 0.1) is 5.82 Å². The molecule has 1 heterocycles. The zero-order chi connectivity index (χ0) is 15.5. The molecule has 1 aliphatic heterocycles. The molecule has 1 aromatic carbocycles. The molecular formula is C16H23FN2O2. The maximum atomic E-state index is 13.7. The maximum absolute atomic E-state index is 13.7. The standard InChI is InChI=1S/C16H23FN2O2/c1-16(2,3)21-15(20)19-9-8-18-13(11-19)10-12-6-4-5-7-14(12)17/h4-7,13,18H,8-11H2,1-3H3. The molecular weight excluding hydrogens is 271 g/mol. The van der Waals surface area contributed by atoms with Crippen LogP contribution < -0.4 is 5.32 Å². The molecule has 0 bridgehead atoms. The van der Waals surface area contributed by atoms with Gasteiger partial charge in [-0.2, -0.15) is 0 Å². The Morgan fingerprint density at radius 3 is 2.81 bits per heavy atom. The Bertz CT molecular complexity index is 499. The van der Waals surface area contributed by atoms with Gasteiger partial charge >= 0.3 is 6.09 Å². The highest BCUT2D eigenvalue weighted by atomic mass is 19.1. The van der Waals surface area contributed by atoms with Crippen LogP contribution in [0.4, 0.5) is 9.18 Å². The van der Waals surface area contributed by atoms with E-state index < -0.39 is 5.60 Å². The minimum absolute atomic E-state index is 0.0446. The minimum atomic E-state index is -0.497. The lowest BCUT2D eigenvalue weighted by molar-refractivity contribution is 0.0195. The smallest absolute Gasteiger partial charge is 0.410 e. The van der Waals surface area contributed by atoms with Crippen molar-refractivity contribution in [2.45, 2.75) is 38.8 Å². The molecule has 1 aliphatic rings. The van der Waals surface area contributed by atoms with Gasteiger partial charge in [-0.3, -0.25) is 0 Å². The number of hydrogen-bond donors (Lipinski definition) is 1. The van der Waals surface area contributed by atoms with E-state index in [1.165, 1.54) is 6.07 Å². The predicted octanol–water partition coefficient (Wildman–Crippen LogP) is 2.58. The van der Waals surface area contributed by atoms with Crippen molar-refractivity contribution >= 4 is 6.09 Å². The molecule has 1 aromatic rings. The number of carbonyl (C=O) groups is 1. The van der Waals surface area contributed by atoms with E-state index in [0.29, 0.717) is 31.6 Å². The van der Waals surface area contributed by atoms with Gasteiger partial charge in [-0.05, 0) is 38.8 Å². The zero-order valence-corrected chi connectivity index (χ0v) is 12.9. The summed E-state index contributed by atoms with van der Waals surface area (Å²) in [6.07, 6.45) is 0.258. The van der Waals surface area contributed by atoms with E-state index in [4.69, 9.17) is 4.74 Å². The average molecular weight is 294 g/mol. The number of halogens is 1. The number of hydrogen-bond acceptors (Lipinski definition) is 3. The van der Waals surface area contributed by atoms with E-state index in [0.717, 1.165) is 0 Å². The van der Waals surface area contributed by atoms with Crippen LogP contribution in [-0.2, 0) is 11.2 Å². The van der Waals surface area contributed by atoms with E-state index >= 15 is 0 Å². The van der Waals surface area contributed by atoms with Gasteiger partial charge in [-0.1, -0.05) is 18.2 Å². The van der Waals surface area contributed by atoms with Crippen molar-refractivity contribution in [1.29, 1.82) is 0 Å². The predicted molar refractivity (Wildman–Crippen MR) is 79.7 cm³/mol. The number of rotatable bonds is 2. The third kappa shape index (κ3) is 4.70. The summed E-state index contributed by atoms with van der Waals surface area (Å²) in [7, 11) is 0. The first-order valence-electron chi connectivity index (χ1n) is 7.30. The number of nitrogens with zero attached hydrogens (tertiary/aromatic N) is 1. The molecule has 0 radical (unpaired) electrons. The van der Waals surface area contributed by atoms with Crippen molar-refractivity contribution in [3.05, 3.63) is 35.6 Å². The molecule has 0 aliphatic carbocycles. The summed E-state index contributed by atoms with van der Waals surface area (Å²) < 4.78 is 19.1. The molecule has 1 atom stereocenters. The van der Waals surface area contributed by atoms with Gasteiger partial charge in [0, 0.05) is 25.7 Å². The SMILES string of the molecule is CC(C)(C)OC(=O)N1CCNC(Cc2ccccc2F)C1. The molecule has 0 saturated carbocycles. The first-order valence-corrected chi connectivity index (χ1v) is 7.30.